The standard InChI is InChI=1S/C32H25FN4O/c1-22-12-14-23(15-13-22)29-20-30(37(34-29)32(38)25-8-4-2-5-9-25)28-21-36(27-10-6-3-7-11-27)35-31(28)24-16-18-26(33)19-17-24/h2-19,21,30H,20H2,1H3. The number of carbonyl (C=O) groups excluding carboxylic acids is 1. The second-order valence-corrected chi connectivity index (χ2v) is 9.37. The zero-order valence-electron chi connectivity index (χ0n) is 20.8. The quantitative estimate of drug-likeness (QED) is 0.261. The van der Waals surface area contributed by atoms with Crippen LogP contribution in [0.3, 0.4) is 0 Å². The predicted octanol–water partition coefficient (Wildman–Crippen LogP) is 6.98. The van der Waals surface area contributed by atoms with Gasteiger partial charge in [0.25, 0.3) is 5.91 Å². The lowest BCUT2D eigenvalue weighted by Crippen LogP contribution is -2.27. The molecule has 5 nitrogen and oxygen atoms in total. The fraction of sp³-hybridized carbons (Fsp3) is 0.0938. The van der Waals surface area contributed by atoms with Gasteiger partial charge in [-0.25, -0.2) is 14.1 Å². The van der Waals surface area contributed by atoms with Crippen LogP contribution in [0.5, 0.6) is 0 Å². The van der Waals surface area contributed by atoms with E-state index in [1.165, 1.54) is 12.1 Å². The molecule has 1 aliphatic heterocycles. The van der Waals surface area contributed by atoms with E-state index in [2.05, 4.69) is 0 Å². The van der Waals surface area contributed by atoms with E-state index in [0.29, 0.717) is 17.7 Å². The predicted molar refractivity (Wildman–Crippen MR) is 147 cm³/mol. The van der Waals surface area contributed by atoms with Crippen molar-refractivity contribution >= 4 is 11.6 Å². The van der Waals surface area contributed by atoms with Gasteiger partial charge >= 0.3 is 0 Å². The van der Waals surface area contributed by atoms with Crippen LogP contribution < -0.4 is 0 Å². The first-order valence-corrected chi connectivity index (χ1v) is 12.5. The van der Waals surface area contributed by atoms with Crippen molar-refractivity contribution in [1.82, 2.24) is 14.8 Å². The second kappa shape index (κ2) is 9.90. The molecule has 2 heterocycles. The number of halogens is 1. The van der Waals surface area contributed by atoms with Crippen LogP contribution >= 0.6 is 0 Å². The van der Waals surface area contributed by atoms with Crippen molar-refractivity contribution < 1.29 is 9.18 Å². The van der Waals surface area contributed by atoms with Crippen LogP contribution in [0.1, 0.15) is 39.5 Å². The van der Waals surface area contributed by atoms with Gasteiger partial charge in [0, 0.05) is 29.3 Å². The first-order chi connectivity index (χ1) is 18.6. The summed E-state index contributed by atoms with van der Waals surface area (Å²) in [5.41, 5.74) is 6.71. The average Bonchev–Trinajstić information content (AvgIpc) is 3.60. The molecular weight excluding hydrogens is 475 g/mol. The van der Waals surface area contributed by atoms with Crippen molar-refractivity contribution in [1.29, 1.82) is 0 Å². The molecule has 6 heteroatoms. The zero-order valence-corrected chi connectivity index (χ0v) is 20.8. The summed E-state index contributed by atoms with van der Waals surface area (Å²) >= 11 is 0. The minimum atomic E-state index is -0.392. The molecule has 4 aromatic carbocycles. The maximum Gasteiger partial charge on any atom is 0.274 e. The number of hydrazone groups is 1. The largest absolute Gasteiger partial charge is 0.274 e. The highest BCUT2D eigenvalue weighted by molar-refractivity contribution is 6.05. The Morgan fingerprint density at radius 1 is 0.816 bits per heavy atom. The van der Waals surface area contributed by atoms with E-state index in [-0.39, 0.29) is 11.7 Å². The van der Waals surface area contributed by atoms with Crippen molar-refractivity contribution in [3.8, 4) is 16.9 Å². The van der Waals surface area contributed by atoms with Gasteiger partial charge in [-0.15, -0.1) is 0 Å². The number of benzene rings is 4. The molecule has 1 amide bonds. The number of aryl methyl sites for hydroxylation is 1. The van der Waals surface area contributed by atoms with Crippen LogP contribution in [0.25, 0.3) is 16.9 Å². The van der Waals surface area contributed by atoms with Crippen molar-refractivity contribution in [2.24, 2.45) is 5.10 Å². The number of hydrogen-bond donors (Lipinski definition) is 0. The minimum absolute atomic E-state index is 0.185. The summed E-state index contributed by atoms with van der Waals surface area (Å²) < 4.78 is 15.6. The molecule has 0 bridgehead atoms. The van der Waals surface area contributed by atoms with Crippen molar-refractivity contribution in [3.63, 3.8) is 0 Å². The number of hydrogen-bond acceptors (Lipinski definition) is 3. The number of nitrogens with zero attached hydrogens (tertiary/aromatic N) is 4. The molecule has 1 atom stereocenters. The summed E-state index contributed by atoms with van der Waals surface area (Å²) in [5.74, 6) is -0.500. The molecule has 1 aromatic heterocycles. The average molecular weight is 501 g/mol. The van der Waals surface area contributed by atoms with Gasteiger partial charge < -0.3 is 0 Å². The van der Waals surface area contributed by atoms with Gasteiger partial charge in [-0.05, 0) is 61.0 Å². The molecule has 0 radical (unpaired) electrons. The van der Waals surface area contributed by atoms with Crippen molar-refractivity contribution in [3.05, 3.63) is 143 Å². The lowest BCUT2D eigenvalue weighted by Gasteiger charge is -2.22. The third-order valence-corrected chi connectivity index (χ3v) is 6.76. The Balaban J connectivity index is 1.49. The number of carbonyl (C=O) groups is 1. The van der Waals surface area contributed by atoms with Gasteiger partial charge in [0.1, 0.15) is 5.82 Å². The van der Waals surface area contributed by atoms with Gasteiger partial charge in [-0.2, -0.15) is 10.2 Å². The summed E-state index contributed by atoms with van der Waals surface area (Å²) in [6.45, 7) is 2.04. The highest BCUT2D eigenvalue weighted by Gasteiger charge is 2.36. The normalized spacial score (nSPS) is 14.9. The van der Waals surface area contributed by atoms with Crippen LogP contribution in [0.4, 0.5) is 4.39 Å². The molecule has 1 unspecified atom stereocenters. The van der Waals surface area contributed by atoms with Crippen LogP contribution in [0.2, 0.25) is 0 Å². The second-order valence-electron chi connectivity index (χ2n) is 9.37. The molecule has 6 rings (SSSR count). The summed E-state index contributed by atoms with van der Waals surface area (Å²) in [4.78, 5) is 13.8. The van der Waals surface area contributed by atoms with E-state index in [1.807, 2.05) is 90.6 Å². The van der Waals surface area contributed by atoms with E-state index in [0.717, 1.165) is 33.7 Å². The Morgan fingerprint density at radius 3 is 2.13 bits per heavy atom. The Labute approximate surface area is 220 Å². The molecule has 0 saturated carbocycles. The Hall–Kier alpha value is -4.84. The van der Waals surface area contributed by atoms with Crippen LogP contribution in [0, 0.1) is 12.7 Å². The minimum Gasteiger partial charge on any atom is -0.267 e. The highest BCUT2D eigenvalue weighted by Crippen LogP contribution is 2.39. The monoisotopic (exact) mass is 500 g/mol. The van der Waals surface area contributed by atoms with E-state index >= 15 is 0 Å². The van der Waals surface area contributed by atoms with E-state index < -0.39 is 6.04 Å². The summed E-state index contributed by atoms with van der Waals surface area (Å²) in [6.07, 6.45) is 2.48. The molecule has 0 aliphatic carbocycles. The Kier molecular flexibility index (Phi) is 6.14. The Bertz CT molecular complexity index is 1610. The molecule has 5 aromatic rings. The lowest BCUT2D eigenvalue weighted by atomic mass is 9.96. The first-order valence-electron chi connectivity index (χ1n) is 12.5. The number of para-hydroxylation sites is 1. The SMILES string of the molecule is Cc1ccc(C2=NN(C(=O)c3ccccc3)C(c3cn(-c4ccccc4)nc3-c3ccc(F)cc3)C2)cc1. The smallest absolute Gasteiger partial charge is 0.267 e. The third-order valence-electron chi connectivity index (χ3n) is 6.76. The molecule has 0 N–H and O–H groups in total. The number of aromatic nitrogens is 2. The fourth-order valence-electron chi connectivity index (χ4n) is 4.75. The van der Waals surface area contributed by atoms with Gasteiger partial charge in [0.2, 0.25) is 0 Å². The molecule has 0 spiro atoms. The number of amides is 1. The van der Waals surface area contributed by atoms with Crippen LogP contribution in [-0.2, 0) is 0 Å². The first kappa shape index (κ1) is 23.6. The van der Waals surface area contributed by atoms with E-state index in [1.54, 1.807) is 29.3 Å². The van der Waals surface area contributed by atoms with Gasteiger partial charge in [-0.3, -0.25) is 4.79 Å². The molecule has 0 saturated heterocycles. The topological polar surface area (TPSA) is 50.5 Å². The zero-order chi connectivity index (χ0) is 26.1. The third kappa shape index (κ3) is 4.52. The molecule has 0 fully saturated rings. The van der Waals surface area contributed by atoms with Crippen molar-refractivity contribution in [2.75, 3.05) is 0 Å². The molecule has 1 aliphatic rings. The summed E-state index contributed by atoms with van der Waals surface area (Å²) in [7, 11) is 0. The van der Waals surface area contributed by atoms with Gasteiger partial charge in [0.05, 0.1) is 23.1 Å². The van der Waals surface area contributed by atoms with Crippen molar-refractivity contribution in [2.45, 2.75) is 19.4 Å². The van der Waals surface area contributed by atoms with E-state index in [4.69, 9.17) is 10.2 Å². The summed E-state index contributed by atoms with van der Waals surface area (Å²) in [5, 5.41) is 11.3. The van der Waals surface area contributed by atoms with Gasteiger partial charge in [0.15, 0.2) is 0 Å². The summed E-state index contributed by atoms with van der Waals surface area (Å²) in [6, 6.07) is 33.0. The van der Waals surface area contributed by atoms with E-state index in [9.17, 15) is 9.18 Å². The lowest BCUT2D eigenvalue weighted by molar-refractivity contribution is 0.0711. The van der Waals surface area contributed by atoms with Gasteiger partial charge in [-0.1, -0.05) is 66.2 Å². The maximum absolute atomic E-state index is 13.8. The number of rotatable bonds is 5. The Morgan fingerprint density at radius 2 is 1.45 bits per heavy atom. The maximum atomic E-state index is 13.8. The fourth-order valence-corrected chi connectivity index (χ4v) is 4.75. The molecular formula is C32H25FN4O. The van der Waals surface area contributed by atoms with Crippen LogP contribution in [0.15, 0.2) is 120 Å². The highest BCUT2D eigenvalue weighted by atomic mass is 19.1. The molecule has 186 valence electrons. The van der Waals surface area contributed by atoms with Crippen LogP contribution in [-0.4, -0.2) is 26.4 Å². The molecule has 38 heavy (non-hydrogen) atoms.